The molecule has 12 aromatic rings. The molecule has 8 aromatic carbocycles. The maximum Gasteiger partial charge on any atom is 0.328 e. The number of benzene rings is 8. The monoisotopic (exact) mass is 1460 g/mol. The van der Waals surface area contributed by atoms with Crippen molar-refractivity contribution in [2.24, 2.45) is 57.2 Å². The van der Waals surface area contributed by atoms with Crippen molar-refractivity contribution in [3.8, 4) is 46.2 Å². The molecule has 0 radical (unpaired) electrons. The van der Waals surface area contributed by atoms with E-state index < -0.39 is 13.7 Å². The highest BCUT2D eigenvalue weighted by Crippen LogP contribution is 2.41. The van der Waals surface area contributed by atoms with Crippen LogP contribution in [0, 0.1) is 93.7 Å². The fourth-order valence-corrected chi connectivity index (χ4v) is 17.6. The molecule has 566 valence electrons. The van der Waals surface area contributed by atoms with E-state index in [2.05, 4.69) is 277 Å². The van der Waals surface area contributed by atoms with E-state index in [-0.39, 0.29) is 44.6 Å². The van der Waals surface area contributed by atoms with E-state index >= 15 is 0 Å². The number of hydrogen-bond donors (Lipinski definition) is 0. The van der Waals surface area contributed by atoms with Crippen molar-refractivity contribution in [2.75, 3.05) is 13.2 Å². The summed E-state index contributed by atoms with van der Waals surface area (Å²) in [6.45, 7) is 41.7. The zero-order valence-electron chi connectivity index (χ0n) is 68.6. The number of nitrogens with zero attached hydrogens (tertiary/aromatic N) is 6. The van der Waals surface area contributed by atoms with Gasteiger partial charge in [0.25, 0.3) is 0 Å². The Morgan fingerprint density at radius 2 is 0.718 bits per heavy atom. The highest BCUT2D eigenvalue weighted by molar-refractivity contribution is 6.85. The van der Waals surface area contributed by atoms with Crippen LogP contribution in [0.25, 0.3) is 66.6 Å². The second-order valence-electron chi connectivity index (χ2n) is 36.9. The first-order valence-corrected chi connectivity index (χ1v) is 40.2. The molecule has 0 aliphatic heterocycles. The van der Waals surface area contributed by atoms with Gasteiger partial charge in [-0.1, -0.05) is 279 Å². The van der Waals surface area contributed by atoms with Crippen molar-refractivity contribution in [2.45, 2.75) is 176 Å². The highest BCUT2D eigenvalue weighted by atomic mass is 16.5. The fourth-order valence-electron chi connectivity index (χ4n) is 17.6. The maximum absolute atomic E-state index is 12.7. The Kier molecular flexibility index (Phi) is 24.3. The minimum Gasteiger partial charge on any atom is -0.493 e. The first kappa shape index (κ1) is 79.5. The lowest BCUT2D eigenvalue weighted by atomic mass is 9.50. The van der Waals surface area contributed by atoms with Crippen LogP contribution in [0.2, 0.25) is 0 Å². The molecule has 0 saturated heterocycles. The van der Waals surface area contributed by atoms with E-state index in [0.717, 1.165) is 118 Å². The Morgan fingerprint density at radius 1 is 0.409 bits per heavy atom. The zero-order chi connectivity index (χ0) is 78.4. The topological polar surface area (TPSA) is 128 Å². The molecule has 0 spiro atoms. The average molecular weight is 1460 g/mol. The highest BCUT2D eigenvalue weighted by Gasteiger charge is 2.39. The molecule has 0 aliphatic rings. The van der Waals surface area contributed by atoms with Crippen molar-refractivity contribution in [3.63, 3.8) is 0 Å². The summed E-state index contributed by atoms with van der Waals surface area (Å²) in [6.07, 6.45) is 8.86. The molecule has 6 atom stereocenters. The van der Waals surface area contributed by atoms with Crippen LogP contribution >= 0.6 is 0 Å². The number of nitriles is 2. The van der Waals surface area contributed by atoms with Crippen molar-refractivity contribution in [1.82, 2.24) is 18.9 Å². The van der Waals surface area contributed by atoms with Gasteiger partial charge in [-0.05, 0) is 205 Å². The molecule has 4 heterocycles. The van der Waals surface area contributed by atoms with Gasteiger partial charge >= 0.3 is 13.7 Å². The standard InChI is InChI=1S/C98H114B2N6O4/c1-65-41-53-85-83(55-65)103-93(109-85)81(61-101)91-87-88(90(105(91)99(75-31-23-19-24-32-75)76-33-25-20-26-34-76)72-47-51-80(52-48-72)108-64-74(70(6)60-98(16,17)18)44-40-68(4)58-96(10,11)12)92(82(62-102)94-104-84-56-66(2)42-54-86(84)110-94)106(100(77-35-27-21-28-36-77)78-37-29-22-30-38-78)89(87)71-45-49-79(50-46-71)107-63-73(69(5)59-97(13,14)15)43-39-67(3)57-95(7,8)9/h19-38,41-42,45-56,67-70,73-74H,39-40,43-44,57-60,63-64H2,1-18H3/b91-81-,92-82-. The molecular formula is C98H114B2N6O4. The minimum absolute atomic E-state index is 0.147. The number of oxazole rings is 2. The van der Waals surface area contributed by atoms with Crippen molar-refractivity contribution in [1.29, 1.82) is 10.5 Å². The Morgan fingerprint density at radius 3 is 1.01 bits per heavy atom. The maximum atomic E-state index is 12.7. The Bertz CT molecular complexity index is 4910. The lowest BCUT2D eigenvalue weighted by Gasteiger charge is -2.31. The molecular weight excluding hydrogens is 1350 g/mol. The smallest absolute Gasteiger partial charge is 0.328 e. The normalized spacial score (nSPS) is 14.5. The van der Waals surface area contributed by atoms with Crippen molar-refractivity contribution >= 4 is 79.7 Å². The van der Waals surface area contributed by atoms with Crippen LogP contribution in [0.3, 0.4) is 0 Å². The fraction of sp³-hybridized carbons (Fsp3) is 0.388. The number of hydrogen-bond acceptors (Lipinski definition) is 8. The van der Waals surface area contributed by atoms with Gasteiger partial charge in [-0.25, -0.2) is 9.97 Å². The predicted molar refractivity (Wildman–Crippen MR) is 460 cm³/mol. The van der Waals surface area contributed by atoms with Gasteiger partial charge in [-0.15, -0.1) is 0 Å². The van der Waals surface area contributed by atoms with Gasteiger partial charge in [0.2, 0.25) is 11.8 Å². The summed E-state index contributed by atoms with van der Waals surface area (Å²) in [7, 11) is 0. The molecule has 12 heteroatoms. The van der Waals surface area contributed by atoms with Gasteiger partial charge < -0.3 is 27.3 Å². The van der Waals surface area contributed by atoms with Crippen LogP contribution in [0.4, 0.5) is 0 Å². The lowest BCUT2D eigenvalue weighted by molar-refractivity contribution is 0.147. The first-order valence-electron chi connectivity index (χ1n) is 40.2. The SMILES string of the molecule is Cc1ccc2oc(/C(C#N)=c3/c4c(-c5ccc(OCC(CCC(C)CC(C)(C)C)C(C)CC(C)(C)C)cc5)n(B(c5ccccc5)c5ccccc5)/c(=C(/C#N)c5nc6cc(C)ccc6o5)c4c(-c4ccc(OCC(CCC(C)CC(C)(C)C)C(C)CC(C)(C)C)cc4)n3B(c3ccccc3)c3ccccc3)nc2c1. The third-order valence-electron chi connectivity index (χ3n) is 22.0. The molecule has 12 rings (SSSR count). The third kappa shape index (κ3) is 19.0. The molecule has 0 N–H and O–H groups in total. The van der Waals surface area contributed by atoms with Gasteiger partial charge in [0.15, 0.2) is 11.2 Å². The quantitative estimate of drug-likeness (QED) is 0.0444. The van der Waals surface area contributed by atoms with Crippen LogP contribution < -0.4 is 42.0 Å². The summed E-state index contributed by atoms with van der Waals surface area (Å²) < 4.78 is 32.9. The van der Waals surface area contributed by atoms with Gasteiger partial charge in [-0.2, -0.15) is 10.5 Å². The molecule has 0 fully saturated rings. The van der Waals surface area contributed by atoms with Crippen molar-refractivity contribution in [3.05, 3.63) is 240 Å². The van der Waals surface area contributed by atoms with Gasteiger partial charge in [0.1, 0.15) is 45.8 Å². The molecule has 0 bridgehead atoms. The molecule has 0 saturated carbocycles. The zero-order valence-corrected chi connectivity index (χ0v) is 68.6. The summed E-state index contributed by atoms with van der Waals surface area (Å²) >= 11 is 0. The van der Waals surface area contributed by atoms with Crippen LogP contribution in [-0.2, 0) is 0 Å². The number of rotatable bonds is 28. The summed E-state index contributed by atoms with van der Waals surface area (Å²) in [6, 6.07) is 76.8. The minimum atomic E-state index is -0.627. The van der Waals surface area contributed by atoms with Crippen LogP contribution in [0.15, 0.2) is 215 Å². The second kappa shape index (κ2) is 33.7. The van der Waals surface area contributed by atoms with E-state index in [9.17, 15) is 10.5 Å². The predicted octanol–water partition coefficient (Wildman–Crippen LogP) is 21.3. The third-order valence-corrected chi connectivity index (χ3v) is 22.0. The molecule has 0 amide bonds. The molecule has 10 nitrogen and oxygen atoms in total. The lowest BCUT2D eigenvalue weighted by Crippen LogP contribution is -2.54. The molecule has 6 unspecified atom stereocenters. The summed E-state index contributed by atoms with van der Waals surface area (Å²) in [5.74, 6) is 4.43. The first-order chi connectivity index (χ1) is 52.4. The van der Waals surface area contributed by atoms with E-state index in [1.54, 1.807) is 0 Å². The van der Waals surface area contributed by atoms with Crippen LogP contribution in [0.1, 0.15) is 185 Å². The summed E-state index contributed by atoms with van der Waals surface area (Å²) in [5, 5.41) is 27.9. The van der Waals surface area contributed by atoms with Gasteiger partial charge in [-0.3, -0.25) is 0 Å². The molecule has 0 aliphatic carbocycles. The Balaban J connectivity index is 1.23. The summed E-state index contributed by atoms with van der Waals surface area (Å²) in [5.41, 5.74) is 12.4. The molecule has 4 aromatic heterocycles. The average Bonchev–Trinajstić information content (AvgIpc) is 1.52. The van der Waals surface area contributed by atoms with E-state index in [1.165, 1.54) is 0 Å². The van der Waals surface area contributed by atoms with Gasteiger partial charge in [0, 0.05) is 22.2 Å². The van der Waals surface area contributed by atoms with Crippen LogP contribution in [0.5, 0.6) is 11.5 Å². The largest absolute Gasteiger partial charge is 0.493 e. The van der Waals surface area contributed by atoms with E-state index in [1.807, 2.05) is 74.5 Å². The number of ether oxygens (including phenoxy) is 2. The second-order valence-corrected chi connectivity index (χ2v) is 36.9. The van der Waals surface area contributed by atoms with Crippen LogP contribution in [-0.4, -0.2) is 45.8 Å². The van der Waals surface area contributed by atoms with Crippen molar-refractivity contribution < 1.29 is 18.3 Å². The van der Waals surface area contributed by atoms with E-state index in [0.29, 0.717) is 92.4 Å². The van der Waals surface area contributed by atoms with Gasteiger partial charge in [0.05, 0.1) is 23.9 Å². The summed E-state index contributed by atoms with van der Waals surface area (Å²) in [4.78, 5) is 10.6. The number of aromatic nitrogens is 4. The number of aryl methyl sites for hydroxylation is 2. The number of fused-ring (bicyclic) bond motifs is 3. The van der Waals surface area contributed by atoms with E-state index in [4.69, 9.17) is 28.3 Å². The Hall–Kier alpha value is -10.0. The Labute approximate surface area is 655 Å². The molecule has 110 heavy (non-hydrogen) atoms.